The average Bonchev–Trinajstić information content (AvgIpc) is 2.67. The van der Waals surface area contributed by atoms with E-state index in [0.29, 0.717) is 5.25 Å². The lowest BCUT2D eigenvalue weighted by Crippen LogP contribution is -1.99. The number of benzene rings is 1. The molecule has 5 heteroatoms. The molecule has 1 heterocycles. The summed E-state index contributed by atoms with van der Waals surface area (Å²) in [5, 5.41) is 8.70. The molecule has 0 unspecified atom stereocenters. The SMILES string of the molecule is Cc1nnc(CS[C@@H](C)c2cccc(Br)c2)n1C. The molecule has 2 rings (SSSR count). The Morgan fingerprint density at radius 1 is 1.39 bits per heavy atom. The van der Waals surface area contributed by atoms with Crippen LogP contribution < -0.4 is 0 Å². The fourth-order valence-electron chi connectivity index (χ4n) is 1.63. The standard InChI is InChI=1S/C13H16BrN3S/c1-9(11-5-4-6-12(14)7-11)18-8-13-16-15-10(2)17(13)3/h4-7,9H,8H2,1-3H3/t9-/m0/s1. The number of nitrogens with zero attached hydrogens (tertiary/aromatic N) is 3. The number of halogens is 1. The normalized spacial score (nSPS) is 12.7. The summed E-state index contributed by atoms with van der Waals surface area (Å²) in [5.41, 5.74) is 1.33. The lowest BCUT2D eigenvalue weighted by molar-refractivity contribution is 0.816. The zero-order chi connectivity index (χ0) is 13.1. The summed E-state index contributed by atoms with van der Waals surface area (Å²) in [6.07, 6.45) is 0. The van der Waals surface area contributed by atoms with Gasteiger partial charge in [0.15, 0.2) is 0 Å². The first-order valence-electron chi connectivity index (χ1n) is 5.80. The van der Waals surface area contributed by atoms with E-state index < -0.39 is 0 Å². The van der Waals surface area contributed by atoms with Crippen molar-refractivity contribution < 1.29 is 0 Å². The van der Waals surface area contributed by atoms with E-state index in [1.54, 1.807) is 0 Å². The Morgan fingerprint density at radius 2 is 2.17 bits per heavy atom. The molecule has 0 aliphatic heterocycles. The number of hydrogen-bond donors (Lipinski definition) is 0. The number of aromatic nitrogens is 3. The molecule has 2 aromatic rings. The van der Waals surface area contributed by atoms with Crippen molar-refractivity contribution in [3.05, 3.63) is 46.0 Å². The third-order valence-electron chi connectivity index (χ3n) is 2.96. The molecule has 0 aliphatic carbocycles. The summed E-state index contributed by atoms with van der Waals surface area (Å²) in [4.78, 5) is 0. The minimum atomic E-state index is 0.444. The second-order valence-corrected chi connectivity index (χ2v) is 6.48. The molecule has 0 saturated heterocycles. The fraction of sp³-hybridized carbons (Fsp3) is 0.385. The van der Waals surface area contributed by atoms with Gasteiger partial charge in [0.25, 0.3) is 0 Å². The van der Waals surface area contributed by atoms with Crippen molar-refractivity contribution in [2.75, 3.05) is 0 Å². The minimum absolute atomic E-state index is 0.444. The van der Waals surface area contributed by atoms with Crippen molar-refractivity contribution in [2.24, 2.45) is 7.05 Å². The predicted molar refractivity (Wildman–Crippen MR) is 79.6 cm³/mol. The van der Waals surface area contributed by atoms with Crippen molar-refractivity contribution in [1.82, 2.24) is 14.8 Å². The Bertz CT molecular complexity index is 539. The maximum atomic E-state index is 4.18. The van der Waals surface area contributed by atoms with E-state index in [9.17, 15) is 0 Å². The highest BCUT2D eigenvalue weighted by molar-refractivity contribution is 9.10. The van der Waals surface area contributed by atoms with Crippen molar-refractivity contribution in [3.8, 4) is 0 Å². The maximum absolute atomic E-state index is 4.18. The van der Waals surface area contributed by atoms with Crippen LogP contribution in [0, 0.1) is 6.92 Å². The molecule has 0 N–H and O–H groups in total. The molecule has 96 valence electrons. The smallest absolute Gasteiger partial charge is 0.142 e. The van der Waals surface area contributed by atoms with Gasteiger partial charge in [-0.25, -0.2) is 0 Å². The molecular formula is C13H16BrN3S. The summed E-state index contributed by atoms with van der Waals surface area (Å²) in [7, 11) is 2.01. The van der Waals surface area contributed by atoms with Crippen molar-refractivity contribution in [3.63, 3.8) is 0 Å². The van der Waals surface area contributed by atoms with Gasteiger partial charge in [0.2, 0.25) is 0 Å². The minimum Gasteiger partial charge on any atom is -0.318 e. The van der Waals surface area contributed by atoms with Crippen molar-refractivity contribution in [1.29, 1.82) is 0 Å². The van der Waals surface area contributed by atoms with Crippen molar-refractivity contribution >= 4 is 27.7 Å². The van der Waals surface area contributed by atoms with Gasteiger partial charge in [-0.1, -0.05) is 28.1 Å². The van der Waals surface area contributed by atoms with Crippen LogP contribution in [0.3, 0.4) is 0 Å². The van der Waals surface area contributed by atoms with Crippen LogP contribution >= 0.6 is 27.7 Å². The monoisotopic (exact) mass is 325 g/mol. The summed E-state index contributed by atoms with van der Waals surface area (Å²) >= 11 is 5.38. The average molecular weight is 326 g/mol. The first-order valence-corrected chi connectivity index (χ1v) is 7.64. The molecule has 1 aromatic heterocycles. The summed E-state index contributed by atoms with van der Waals surface area (Å²) in [6, 6.07) is 8.44. The van der Waals surface area contributed by atoms with Crippen molar-refractivity contribution in [2.45, 2.75) is 24.9 Å². The third kappa shape index (κ3) is 3.14. The van der Waals surface area contributed by atoms with Gasteiger partial charge in [-0.2, -0.15) is 0 Å². The largest absolute Gasteiger partial charge is 0.318 e. The van der Waals surface area contributed by atoms with Crippen LogP contribution in [0.2, 0.25) is 0 Å². The van der Waals surface area contributed by atoms with E-state index in [1.165, 1.54) is 5.56 Å². The Labute approximate surface area is 120 Å². The number of rotatable bonds is 4. The zero-order valence-electron chi connectivity index (χ0n) is 10.7. The van der Waals surface area contributed by atoms with E-state index in [-0.39, 0.29) is 0 Å². The quantitative estimate of drug-likeness (QED) is 0.854. The molecular weight excluding hydrogens is 310 g/mol. The Balaban J connectivity index is 2.00. The van der Waals surface area contributed by atoms with Crippen LogP contribution in [0.5, 0.6) is 0 Å². The fourth-order valence-corrected chi connectivity index (χ4v) is 3.04. The van der Waals surface area contributed by atoms with Crippen LogP contribution in [0.25, 0.3) is 0 Å². The molecule has 3 nitrogen and oxygen atoms in total. The molecule has 0 bridgehead atoms. The van der Waals surface area contributed by atoms with E-state index in [2.05, 4.69) is 51.3 Å². The molecule has 18 heavy (non-hydrogen) atoms. The molecule has 0 spiro atoms. The third-order valence-corrected chi connectivity index (χ3v) is 4.65. The van der Waals surface area contributed by atoms with Crippen LogP contribution in [0.1, 0.15) is 29.4 Å². The first kappa shape index (κ1) is 13.6. The molecule has 0 fully saturated rings. The van der Waals surface area contributed by atoms with Crippen LogP contribution in [0.4, 0.5) is 0 Å². The van der Waals surface area contributed by atoms with Gasteiger partial charge in [0.1, 0.15) is 11.6 Å². The van der Waals surface area contributed by atoms with Crippen LogP contribution in [-0.2, 0) is 12.8 Å². The van der Waals surface area contributed by atoms with Crippen LogP contribution in [0.15, 0.2) is 28.7 Å². The highest BCUT2D eigenvalue weighted by Gasteiger charge is 2.10. The van der Waals surface area contributed by atoms with Crippen LogP contribution in [-0.4, -0.2) is 14.8 Å². The molecule has 1 aromatic carbocycles. The summed E-state index contributed by atoms with van der Waals surface area (Å²) in [6.45, 7) is 4.19. The number of hydrogen-bond acceptors (Lipinski definition) is 3. The van der Waals surface area contributed by atoms with E-state index >= 15 is 0 Å². The predicted octanol–water partition coefficient (Wildman–Crippen LogP) is 3.88. The lowest BCUT2D eigenvalue weighted by Gasteiger charge is -2.11. The van der Waals surface area contributed by atoms with Gasteiger partial charge in [0.05, 0.1) is 5.75 Å². The number of thioether (sulfide) groups is 1. The first-order chi connectivity index (χ1) is 8.58. The van der Waals surface area contributed by atoms with E-state index in [4.69, 9.17) is 0 Å². The molecule has 0 amide bonds. The Hall–Kier alpha value is -0.810. The van der Waals surface area contributed by atoms with Gasteiger partial charge >= 0.3 is 0 Å². The van der Waals surface area contributed by atoms with Gasteiger partial charge < -0.3 is 4.57 Å². The molecule has 0 saturated carbocycles. The maximum Gasteiger partial charge on any atom is 0.142 e. The van der Waals surface area contributed by atoms with Gasteiger partial charge in [0, 0.05) is 16.8 Å². The highest BCUT2D eigenvalue weighted by atomic mass is 79.9. The van der Waals surface area contributed by atoms with Gasteiger partial charge in [-0.15, -0.1) is 22.0 Å². The lowest BCUT2D eigenvalue weighted by atomic mass is 10.2. The highest BCUT2D eigenvalue weighted by Crippen LogP contribution is 2.31. The topological polar surface area (TPSA) is 30.7 Å². The van der Waals surface area contributed by atoms with E-state index in [1.807, 2.05) is 36.4 Å². The van der Waals surface area contributed by atoms with Gasteiger partial charge in [-0.3, -0.25) is 0 Å². The Morgan fingerprint density at radius 3 is 2.78 bits per heavy atom. The summed E-state index contributed by atoms with van der Waals surface area (Å²) < 4.78 is 3.17. The molecule has 1 atom stereocenters. The second kappa shape index (κ2) is 5.89. The van der Waals surface area contributed by atoms with E-state index in [0.717, 1.165) is 21.9 Å². The molecule has 0 aliphatic rings. The second-order valence-electron chi connectivity index (χ2n) is 4.23. The molecule has 0 radical (unpaired) electrons. The number of aryl methyl sites for hydroxylation is 1. The zero-order valence-corrected chi connectivity index (χ0v) is 13.1. The Kier molecular flexibility index (Phi) is 4.45. The summed E-state index contributed by atoms with van der Waals surface area (Å²) in [5.74, 6) is 2.87. The van der Waals surface area contributed by atoms with Gasteiger partial charge in [-0.05, 0) is 31.5 Å².